The SMILES string of the molecule is COC1(CC(O)Cc2ccc(Br)cc2Cl)CCC1. The monoisotopic (exact) mass is 332 g/mol. The van der Waals surface area contributed by atoms with Gasteiger partial charge in [0.15, 0.2) is 0 Å². The molecule has 2 rings (SSSR count). The van der Waals surface area contributed by atoms with Gasteiger partial charge in [0.2, 0.25) is 0 Å². The fraction of sp³-hybridized carbons (Fsp3) is 0.571. The molecular formula is C14H18BrClO2. The van der Waals surface area contributed by atoms with Crippen LogP contribution in [-0.4, -0.2) is 23.9 Å². The van der Waals surface area contributed by atoms with Gasteiger partial charge in [-0.15, -0.1) is 0 Å². The number of ether oxygens (including phenoxy) is 1. The van der Waals surface area contributed by atoms with E-state index in [1.807, 2.05) is 18.2 Å². The Bertz CT molecular complexity index is 413. The Labute approximate surface area is 121 Å². The Morgan fingerprint density at radius 2 is 2.22 bits per heavy atom. The van der Waals surface area contributed by atoms with Crippen molar-refractivity contribution in [2.24, 2.45) is 0 Å². The highest BCUT2D eigenvalue weighted by Gasteiger charge is 2.38. The lowest BCUT2D eigenvalue weighted by Gasteiger charge is -2.41. The highest BCUT2D eigenvalue weighted by molar-refractivity contribution is 9.10. The smallest absolute Gasteiger partial charge is 0.0703 e. The fourth-order valence-corrected chi connectivity index (χ4v) is 3.26. The third kappa shape index (κ3) is 3.27. The van der Waals surface area contributed by atoms with E-state index in [2.05, 4.69) is 15.9 Å². The maximum absolute atomic E-state index is 10.2. The maximum atomic E-state index is 10.2. The molecule has 1 atom stereocenters. The molecule has 1 aliphatic rings. The third-order valence-corrected chi connectivity index (χ3v) is 4.62. The van der Waals surface area contributed by atoms with Gasteiger partial charge in [-0.25, -0.2) is 0 Å². The van der Waals surface area contributed by atoms with E-state index in [1.165, 1.54) is 6.42 Å². The molecule has 1 unspecified atom stereocenters. The summed E-state index contributed by atoms with van der Waals surface area (Å²) in [6.07, 6.45) is 4.17. The molecule has 1 aliphatic carbocycles. The molecule has 0 aliphatic heterocycles. The number of benzene rings is 1. The maximum Gasteiger partial charge on any atom is 0.0703 e. The van der Waals surface area contributed by atoms with Gasteiger partial charge < -0.3 is 9.84 Å². The van der Waals surface area contributed by atoms with Crippen LogP contribution in [0.2, 0.25) is 5.02 Å². The number of hydrogen-bond acceptors (Lipinski definition) is 2. The zero-order valence-corrected chi connectivity index (χ0v) is 12.8. The normalized spacial score (nSPS) is 19.3. The number of hydrogen-bond donors (Lipinski definition) is 1. The Kier molecular flexibility index (Phi) is 4.70. The van der Waals surface area contributed by atoms with Gasteiger partial charge in [0.05, 0.1) is 11.7 Å². The summed E-state index contributed by atoms with van der Waals surface area (Å²) < 4.78 is 6.49. The average molecular weight is 334 g/mol. The minimum atomic E-state index is -0.399. The lowest BCUT2D eigenvalue weighted by Crippen LogP contribution is -2.42. The molecule has 0 saturated heterocycles. The topological polar surface area (TPSA) is 29.5 Å². The van der Waals surface area contributed by atoms with Crippen LogP contribution in [0.1, 0.15) is 31.2 Å². The number of aliphatic hydroxyl groups is 1. The summed E-state index contributed by atoms with van der Waals surface area (Å²) in [5.74, 6) is 0. The molecule has 0 aromatic heterocycles. The summed E-state index contributed by atoms with van der Waals surface area (Å²) in [7, 11) is 1.73. The Morgan fingerprint density at radius 1 is 1.50 bits per heavy atom. The minimum absolute atomic E-state index is 0.0960. The van der Waals surface area contributed by atoms with Crippen LogP contribution in [0.15, 0.2) is 22.7 Å². The summed E-state index contributed by atoms with van der Waals surface area (Å²) >= 11 is 9.53. The van der Waals surface area contributed by atoms with E-state index in [0.717, 1.165) is 22.9 Å². The van der Waals surface area contributed by atoms with Crippen molar-refractivity contribution in [1.29, 1.82) is 0 Å². The van der Waals surface area contributed by atoms with E-state index in [9.17, 15) is 5.11 Å². The number of aliphatic hydroxyl groups excluding tert-OH is 1. The predicted molar refractivity (Wildman–Crippen MR) is 77.1 cm³/mol. The zero-order valence-electron chi connectivity index (χ0n) is 10.5. The summed E-state index contributed by atoms with van der Waals surface area (Å²) in [6.45, 7) is 0. The van der Waals surface area contributed by atoms with Crippen LogP contribution in [-0.2, 0) is 11.2 Å². The average Bonchev–Trinajstić information content (AvgIpc) is 2.27. The molecule has 0 amide bonds. The molecule has 18 heavy (non-hydrogen) atoms. The standard InChI is InChI=1S/C14H18BrClO2/c1-18-14(5-2-6-14)9-12(17)7-10-3-4-11(15)8-13(10)16/h3-4,8,12,17H,2,5-7,9H2,1H3. The van der Waals surface area contributed by atoms with Crippen LogP contribution < -0.4 is 0 Å². The first-order valence-electron chi connectivity index (χ1n) is 6.22. The first kappa shape index (κ1) is 14.3. The van der Waals surface area contributed by atoms with Crippen molar-refractivity contribution >= 4 is 27.5 Å². The van der Waals surface area contributed by atoms with Crippen molar-refractivity contribution in [3.63, 3.8) is 0 Å². The highest BCUT2D eigenvalue weighted by Crippen LogP contribution is 2.39. The fourth-order valence-electron chi connectivity index (χ4n) is 2.51. The zero-order chi connectivity index (χ0) is 13.2. The number of methoxy groups -OCH3 is 1. The molecule has 100 valence electrons. The molecule has 1 fully saturated rings. The lowest BCUT2D eigenvalue weighted by molar-refractivity contribution is -0.0989. The van der Waals surface area contributed by atoms with Gasteiger partial charge >= 0.3 is 0 Å². The van der Waals surface area contributed by atoms with Crippen LogP contribution in [0.3, 0.4) is 0 Å². The van der Waals surface area contributed by atoms with Gasteiger partial charge in [-0.2, -0.15) is 0 Å². The van der Waals surface area contributed by atoms with Crippen LogP contribution >= 0.6 is 27.5 Å². The summed E-state index contributed by atoms with van der Waals surface area (Å²) in [4.78, 5) is 0. The van der Waals surface area contributed by atoms with Crippen LogP contribution in [0.25, 0.3) is 0 Å². The Balaban J connectivity index is 1.96. The van der Waals surface area contributed by atoms with Gasteiger partial charge in [0.25, 0.3) is 0 Å². The molecule has 1 aromatic rings. The first-order chi connectivity index (χ1) is 8.54. The van der Waals surface area contributed by atoms with Crippen molar-refractivity contribution in [1.82, 2.24) is 0 Å². The lowest BCUT2D eigenvalue weighted by atomic mass is 9.75. The summed E-state index contributed by atoms with van der Waals surface area (Å²) in [5.41, 5.74) is 0.888. The van der Waals surface area contributed by atoms with E-state index < -0.39 is 6.10 Å². The predicted octanol–water partition coefficient (Wildman–Crippen LogP) is 3.97. The molecule has 1 saturated carbocycles. The minimum Gasteiger partial charge on any atom is -0.393 e. The second-order valence-corrected chi connectivity index (χ2v) is 6.36. The van der Waals surface area contributed by atoms with E-state index in [-0.39, 0.29) is 5.60 Å². The number of halogens is 2. The van der Waals surface area contributed by atoms with Crippen LogP contribution in [0, 0.1) is 0 Å². The quantitative estimate of drug-likeness (QED) is 0.883. The van der Waals surface area contributed by atoms with Gasteiger partial charge in [0.1, 0.15) is 0 Å². The van der Waals surface area contributed by atoms with Crippen molar-refractivity contribution in [3.8, 4) is 0 Å². The van der Waals surface area contributed by atoms with Crippen molar-refractivity contribution in [3.05, 3.63) is 33.3 Å². The van der Waals surface area contributed by atoms with E-state index in [0.29, 0.717) is 17.9 Å². The second kappa shape index (κ2) is 5.91. The van der Waals surface area contributed by atoms with E-state index >= 15 is 0 Å². The van der Waals surface area contributed by atoms with Gasteiger partial charge in [-0.3, -0.25) is 0 Å². The number of rotatable bonds is 5. The van der Waals surface area contributed by atoms with Gasteiger partial charge in [-0.05, 0) is 43.4 Å². The van der Waals surface area contributed by atoms with Gasteiger partial charge in [-0.1, -0.05) is 33.6 Å². The Morgan fingerprint density at radius 3 is 2.72 bits per heavy atom. The molecule has 4 heteroatoms. The van der Waals surface area contributed by atoms with Crippen molar-refractivity contribution in [2.75, 3.05) is 7.11 Å². The molecule has 2 nitrogen and oxygen atoms in total. The van der Waals surface area contributed by atoms with Gasteiger partial charge in [0, 0.05) is 23.0 Å². The van der Waals surface area contributed by atoms with Crippen molar-refractivity contribution < 1.29 is 9.84 Å². The van der Waals surface area contributed by atoms with Crippen LogP contribution in [0.5, 0.6) is 0 Å². The summed E-state index contributed by atoms with van der Waals surface area (Å²) in [5, 5.41) is 10.9. The second-order valence-electron chi connectivity index (χ2n) is 5.04. The first-order valence-corrected chi connectivity index (χ1v) is 7.39. The Hall–Kier alpha value is -0.0900. The molecule has 1 N–H and O–H groups in total. The molecule has 0 bridgehead atoms. The molecule has 0 heterocycles. The third-order valence-electron chi connectivity index (χ3n) is 3.78. The van der Waals surface area contributed by atoms with Crippen molar-refractivity contribution in [2.45, 2.75) is 43.8 Å². The molecule has 0 radical (unpaired) electrons. The molecule has 0 spiro atoms. The molecular weight excluding hydrogens is 316 g/mol. The summed E-state index contributed by atoms with van der Waals surface area (Å²) in [6, 6.07) is 5.76. The highest BCUT2D eigenvalue weighted by atomic mass is 79.9. The molecule has 1 aromatic carbocycles. The van der Waals surface area contributed by atoms with Crippen LogP contribution in [0.4, 0.5) is 0 Å². The van der Waals surface area contributed by atoms with E-state index in [1.54, 1.807) is 7.11 Å². The largest absolute Gasteiger partial charge is 0.393 e. The van der Waals surface area contributed by atoms with E-state index in [4.69, 9.17) is 16.3 Å².